The molecule has 1 aromatic heterocycles. The van der Waals surface area contributed by atoms with Crippen molar-refractivity contribution in [1.82, 2.24) is 20.1 Å². The van der Waals surface area contributed by atoms with Crippen LogP contribution < -0.4 is 10.1 Å². The van der Waals surface area contributed by atoms with Crippen LogP contribution in [0.4, 0.5) is 4.79 Å². The Morgan fingerprint density at radius 2 is 1.36 bits per heavy atom. The van der Waals surface area contributed by atoms with Gasteiger partial charge in [0.1, 0.15) is 29.0 Å². The van der Waals surface area contributed by atoms with E-state index in [1.807, 2.05) is 74.7 Å². The van der Waals surface area contributed by atoms with Crippen molar-refractivity contribution in [2.24, 2.45) is 4.99 Å². The topological polar surface area (TPSA) is 163 Å². The molecule has 3 aromatic rings. The van der Waals surface area contributed by atoms with Crippen LogP contribution in [0.2, 0.25) is 5.02 Å². The number of carbonyl (C=O) groups excluding carboxylic acids is 2. The highest BCUT2D eigenvalue weighted by atomic mass is 35.5. The molecule has 0 aliphatic carbocycles. The largest absolute Gasteiger partial charge is 0.497 e. The summed E-state index contributed by atoms with van der Waals surface area (Å²) in [4.78, 5) is 29.9. The number of nitrogens with one attached hydrogen (secondary N) is 1. The van der Waals surface area contributed by atoms with E-state index in [4.69, 9.17) is 54.5 Å². The molecule has 0 spiro atoms. The number of alkyl carbamates (subject to hydrolysis) is 1. The number of rotatable bonds is 26. The number of methoxy groups -OCH3 is 1. The minimum Gasteiger partial charge on any atom is -0.497 e. The Morgan fingerprint density at radius 1 is 0.786 bits per heavy atom. The second-order valence-electron chi connectivity index (χ2n) is 13.8. The van der Waals surface area contributed by atoms with Crippen LogP contribution in [-0.4, -0.2) is 131 Å². The summed E-state index contributed by atoms with van der Waals surface area (Å²) in [7, 11) is 1.63. The predicted molar refractivity (Wildman–Crippen MR) is 210 cm³/mol. The Morgan fingerprint density at radius 3 is 1.93 bits per heavy atom. The summed E-state index contributed by atoms with van der Waals surface area (Å²) in [5, 5.41) is 12.1. The number of nitrogens with zero attached hydrogens (tertiary/aromatic N) is 4. The monoisotopic (exact) mass is 801 g/mol. The summed E-state index contributed by atoms with van der Waals surface area (Å²) in [5.41, 5.74) is 2.79. The van der Waals surface area contributed by atoms with E-state index in [1.165, 1.54) is 0 Å². The molecular formula is C40H56ClN5O10. The van der Waals surface area contributed by atoms with Crippen LogP contribution in [0.5, 0.6) is 5.75 Å². The molecule has 2 aromatic carbocycles. The van der Waals surface area contributed by atoms with Crippen LogP contribution in [0.1, 0.15) is 68.9 Å². The highest BCUT2D eigenvalue weighted by Gasteiger charge is 2.30. The SMILES string of the molecule is COc1ccc2c(c1)C(c1ccc(Cl)cc1)=N[C@@H](CC(=O)CCCOCCOCCOCCOCCOCCOCCNC(=O)OC(C)(C)C)c1nnc(C)n1-2. The molecule has 0 bridgehead atoms. The molecule has 1 aliphatic rings. The molecule has 0 saturated heterocycles. The molecule has 0 unspecified atom stereocenters. The first-order valence-electron chi connectivity index (χ1n) is 18.9. The van der Waals surface area contributed by atoms with E-state index in [0.717, 1.165) is 22.5 Å². The number of hydrogen-bond donors (Lipinski definition) is 1. The zero-order chi connectivity index (χ0) is 40.2. The molecule has 308 valence electrons. The van der Waals surface area contributed by atoms with E-state index >= 15 is 0 Å². The lowest BCUT2D eigenvalue weighted by Gasteiger charge is -2.19. The van der Waals surface area contributed by atoms with Gasteiger partial charge in [-0.3, -0.25) is 14.4 Å². The molecule has 1 aliphatic heterocycles. The first kappa shape index (κ1) is 44.8. The van der Waals surface area contributed by atoms with Crippen molar-refractivity contribution in [1.29, 1.82) is 0 Å². The Balaban J connectivity index is 1.03. The van der Waals surface area contributed by atoms with Crippen LogP contribution in [0.25, 0.3) is 5.69 Å². The van der Waals surface area contributed by atoms with Crippen molar-refractivity contribution in [3.8, 4) is 11.4 Å². The quantitative estimate of drug-likeness (QED) is 0.102. The van der Waals surface area contributed by atoms with Crippen molar-refractivity contribution in [3.05, 3.63) is 70.3 Å². The smallest absolute Gasteiger partial charge is 0.407 e. The summed E-state index contributed by atoms with van der Waals surface area (Å²) in [5.74, 6) is 2.07. The molecule has 1 N–H and O–H groups in total. The van der Waals surface area contributed by atoms with E-state index in [1.54, 1.807) is 7.11 Å². The lowest BCUT2D eigenvalue weighted by atomic mass is 9.99. The number of aryl methyl sites for hydroxylation is 1. The van der Waals surface area contributed by atoms with Gasteiger partial charge in [0.05, 0.1) is 91.2 Å². The molecular weight excluding hydrogens is 746 g/mol. The van der Waals surface area contributed by atoms with Gasteiger partial charge in [-0.15, -0.1) is 10.2 Å². The van der Waals surface area contributed by atoms with Gasteiger partial charge in [-0.2, -0.15) is 0 Å². The number of aliphatic imine (C=N–C) groups is 1. The third-order valence-electron chi connectivity index (χ3n) is 8.19. The van der Waals surface area contributed by atoms with Crippen LogP contribution in [0.3, 0.4) is 0 Å². The molecule has 15 nitrogen and oxygen atoms in total. The molecule has 0 radical (unpaired) electrons. The van der Waals surface area contributed by atoms with Gasteiger partial charge in [-0.25, -0.2) is 4.79 Å². The van der Waals surface area contributed by atoms with Gasteiger partial charge >= 0.3 is 6.09 Å². The summed E-state index contributed by atoms with van der Waals surface area (Å²) in [6, 6.07) is 12.8. The summed E-state index contributed by atoms with van der Waals surface area (Å²) in [6.45, 7) is 12.9. The number of benzene rings is 2. The van der Waals surface area contributed by atoms with Gasteiger partial charge in [0.15, 0.2) is 5.82 Å². The Hall–Kier alpha value is -3.96. The number of aromatic nitrogens is 3. The Labute approximate surface area is 334 Å². The second kappa shape index (κ2) is 24.0. The van der Waals surface area contributed by atoms with Crippen molar-refractivity contribution >= 4 is 29.2 Å². The van der Waals surface area contributed by atoms with E-state index in [-0.39, 0.29) is 12.2 Å². The third-order valence-corrected chi connectivity index (χ3v) is 8.44. The summed E-state index contributed by atoms with van der Waals surface area (Å²) < 4.78 is 45.8. The number of Topliss-reactive ketones (excluding diaryl/α,β-unsaturated/α-hetero) is 1. The van der Waals surface area contributed by atoms with Crippen molar-refractivity contribution in [2.75, 3.05) is 92.9 Å². The van der Waals surface area contributed by atoms with E-state index in [2.05, 4.69) is 15.5 Å². The molecule has 1 atom stereocenters. The first-order valence-corrected chi connectivity index (χ1v) is 19.3. The zero-order valence-corrected chi connectivity index (χ0v) is 33.9. The van der Waals surface area contributed by atoms with Crippen LogP contribution in [-0.2, 0) is 38.0 Å². The molecule has 1 amide bonds. The predicted octanol–water partition coefficient (Wildman–Crippen LogP) is 5.49. The number of fused-ring (bicyclic) bond motifs is 3. The number of halogens is 1. The van der Waals surface area contributed by atoms with E-state index < -0.39 is 17.7 Å². The van der Waals surface area contributed by atoms with Gasteiger partial charge < -0.3 is 43.2 Å². The van der Waals surface area contributed by atoms with Crippen molar-refractivity contribution in [2.45, 2.75) is 58.6 Å². The van der Waals surface area contributed by atoms with Crippen molar-refractivity contribution < 1.29 is 47.5 Å². The van der Waals surface area contributed by atoms with Gasteiger partial charge in [-0.1, -0.05) is 23.7 Å². The Bertz CT molecular complexity index is 1680. The van der Waals surface area contributed by atoms with Crippen molar-refractivity contribution in [3.63, 3.8) is 0 Å². The normalized spacial score (nSPS) is 13.8. The van der Waals surface area contributed by atoms with Crippen LogP contribution in [0.15, 0.2) is 47.5 Å². The average molecular weight is 802 g/mol. The highest BCUT2D eigenvalue weighted by Crippen LogP contribution is 2.34. The average Bonchev–Trinajstić information content (AvgIpc) is 3.49. The number of carbonyl (C=O) groups is 2. The lowest BCUT2D eigenvalue weighted by Crippen LogP contribution is -2.34. The summed E-state index contributed by atoms with van der Waals surface area (Å²) in [6.07, 6.45) is 0.650. The van der Waals surface area contributed by atoms with Crippen LogP contribution in [0, 0.1) is 6.92 Å². The fraction of sp³-hybridized carbons (Fsp3) is 0.575. The number of ether oxygens (including phenoxy) is 8. The Kier molecular flexibility index (Phi) is 19.1. The maximum absolute atomic E-state index is 13.3. The number of ketones is 1. The maximum atomic E-state index is 13.3. The van der Waals surface area contributed by atoms with Gasteiger partial charge in [-0.05, 0) is 64.4 Å². The maximum Gasteiger partial charge on any atom is 0.407 e. The molecule has 0 saturated carbocycles. The molecule has 56 heavy (non-hydrogen) atoms. The number of amides is 1. The number of hydrogen-bond acceptors (Lipinski definition) is 13. The van der Waals surface area contributed by atoms with E-state index in [9.17, 15) is 9.59 Å². The second-order valence-corrected chi connectivity index (χ2v) is 14.2. The molecule has 2 heterocycles. The van der Waals surface area contributed by atoms with Gasteiger partial charge in [0.2, 0.25) is 0 Å². The minimum absolute atomic E-state index is 0.0613. The molecule has 4 rings (SSSR count). The minimum atomic E-state index is -0.532. The third kappa shape index (κ3) is 15.5. The molecule has 16 heteroatoms. The first-order chi connectivity index (χ1) is 27.1. The fourth-order valence-electron chi connectivity index (χ4n) is 5.61. The highest BCUT2D eigenvalue weighted by molar-refractivity contribution is 6.30. The summed E-state index contributed by atoms with van der Waals surface area (Å²) >= 11 is 6.20. The standard InChI is InChI=1S/C40H56ClN5O10/c1-29-44-45-38-35(43-37(30-8-10-31(41)11-9-30)34-28-33(49-5)12-13-36(34)46(29)38)27-32(47)7-6-15-50-17-19-52-21-23-54-25-26-55-24-22-53-20-18-51-16-14-42-39(48)56-40(2,3)4/h8-13,28,35H,6-7,14-27H2,1-5H3,(H,42,48)/t35-/m0/s1. The van der Waals surface area contributed by atoms with Gasteiger partial charge in [0, 0.05) is 42.1 Å². The molecule has 0 fully saturated rings. The van der Waals surface area contributed by atoms with Gasteiger partial charge in [0.25, 0.3) is 0 Å². The van der Waals surface area contributed by atoms with Crippen LogP contribution >= 0.6 is 11.6 Å². The van der Waals surface area contributed by atoms with E-state index in [0.29, 0.717) is 121 Å². The fourth-order valence-corrected chi connectivity index (χ4v) is 5.73. The lowest BCUT2D eigenvalue weighted by molar-refractivity contribution is -0.119. The zero-order valence-electron chi connectivity index (χ0n) is 33.2.